The van der Waals surface area contributed by atoms with Gasteiger partial charge >= 0.3 is 5.97 Å². The summed E-state index contributed by atoms with van der Waals surface area (Å²) in [5, 5.41) is 0.157. The normalized spacial score (nSPS) is 33.2. The highest BCUT2D eigenvalue weighted by atomic mass is 28.4. The summed E-state index contributed by atoms with van der Waals surface area (Å²) in [6.45, 7) is 12.6. The molecule has 2 heterocycles. The second kappa shape index (κ2) is 7.14. The zero-order chi connectivity index (χ0) is 18.2. The van der Waals surface area contributed by atoms with Crippen molar-refractivity contribution in [2.45, 2.75) is 83.1 Å². The molecule has 0 spiro atoms. The molecular formula is C19H32O5Si. The smallest absolute Gasteiger partial charge is 0.331 e. The maximum absolute atomic E-state index is 11.7. The van der Waals surface area contributed by atoms with Crippen LogP contribution in [0.5, 0.6) is 0 Å². The Kier molecular flexibility index (Phi) is 5.45. The van der Waals surface area contributed by atoms with Gasteiger partial charge in [0.2, 0.25) is 0 Å². The van der Waals surface area contributed by atoms with Crippen LogP contribution in [0.2, 0.25) is 18.1 Å². The Hall–Kier alpha value is -0.693. The largest absolute Gasteiger partial charge is 0.455 e. The van der Waals surface area contributed by atoms with E-state index in [9.17, 15) is 4.79 Å². The topological polar surface area (TPSA) is 54.0 Å². The highest BCUT2D eigenvalue weighted by Crippen LogP contribution is 2.43. The van der Waals surface area contributed by atoms with Crippen molar-refractivity contribution in [2.24, 2.45) is 5.92 Å². The van der Waals surface area contributed by atoms with E-state index in [4.69, 9.17) is 18.6 Å². The van der Waals surface area contributed by atoms with Crippen molar-refractivity contribution in [3.05, 3.63) is 11.6 Å². The maximum atomic E-state index is 11.7. The number of rotatable bonds is 5. The van der Waals surface area contributed by atoms with Crippen LogP contribution in [0.3, 0.4) is 0 Å². The van der Waals surface area contributed by atoms with Crippen molar-refractivity contribution >= 4 is 14.3 Å². The summed E-state index contributed by atoms with van der Waals surface area (Å²) in [7, 11) is -1.86. The minimum Gasteiger partial charge on any atom is -0.455 e. The molecule has 1 saturated carbocycles. The molecule has 3 rings (SSSR count). The molecule has 142 valence electrons. The van der Waals surface area contributed by atoms with E-state index < -0.39 is 8.32 Å². The Morgan fingerprint density at radius 1 is 1.28 bits per heavy atom. The van der Waals surface area contributed by atoms with E-state index in [0.717, 1.165) is 31.4 Å². The van der Waals surface area contributed by atoms with Crippen LogP contribution in [0.15, 0.2) is 11.6 Å². The van der Waals surface area contributed by atoms with Crippen LogP contribution in [0.1, 0.15) is 46.5 Å². The predicted octanol–water partition coefficient (Wildman–Crippen LogP) is 3.79. The monoisotopic (exact) mass is 368 g/mol. The van der Waals surface area contributed by atoms with Gasteiger partial charge < -0.3 is 18.6 Å². The third kappa shape index (κ3) is 4.18. The fourth-order valence-electron chi connectivity index (χ4n) is 3.47. The number of ether oxygens (including phenoxy) is 3. The summed E-state index contributed by atoms with van der Waals surface area (Å²) in [6, 6.07) is 0. The fourth-order valence-corrected chi connectivity index (χ4v) is 4.50. The highest BCUT2D eigenvalue weighted by Gasteiger charge is 2.47. The maximum Gasteiger partial charge on any atom is 0.331 e. The Labute approximate surface area is 152 Å². The number of fused-ring (bicyclic) bond motifs is 1. The molecule has 25 heavy (non-hydrogen) atoms. The zero-order valence-electron chi connectivity index (χ0n) is 16.2. The SMILES string of the molecule is CC(C)(C)[Si](C)(C)OC[C@@H]1C2=CC(=O)O[C@H]2C[C@H]1OC1CCCCO1. The summed E-state index contributed by atoms with van der Waals surface area (Å²) in [4.78, 5) is 11.7. The van der Waals surface area contributed by atoms with Crippen LogP contribution in [0.25, 0.3) is 0 Å². The molecule has 5 nitrogen and oxygen atoms in total. The van der Waals surface area contributed by atoms with Gasteiger partial charge in [0, 0.05) is 31.6 Å². The van der Waals surface area contributed by atoms with E-state index in [0.29, 0.717) is 13.0 Å². The second-order valence-electron chi connectivity index (χ2n) is 8.95. The van der Waals surface area contributed by atoms with E-state index in [-0.39, 0.29) is 35.4 Å². The van der Waals surface area contributed by atoms with Gasteiger partial charge in [0.15, 0.2) is 14.6 Å². The molecule has 0 amide bonds. The van der Waals surface area contributed by atoms with Crippen LogP contribution >= 0.6 is 0 Å². The Morgan fingerprint density at radius 3 is 2.68 bits per heavy atom. The van der Waals surface area contributed by atoms with Gasteiger partial charge in [-0.15, -0.1) is 0 Å². The van der Waals surface area contributed by atoms with Crippen molar-refractivity contribution in [1.82, 2.24) is 0 Å². The van der Waals surface area contributed by atoms with Crippen LogP contribution < -0.4 is 0 Å². The summed E-state index contributed by atoms with van der Waals surface area (Å²) in [5.74, 6) is -0.152. The van der Waals surface area contributed by atoms with Gasteiger partial charge in [0.05, 0.1) is 6.10 Å². The molecule has 6 heteroatoms. The number of esters is 1. The van der Waals surface area contributed by atoms with Gasteiger partial charge in [-0.1, -0.05) is 20.8 Å². The lowest BCUT2D eigenvalue weighted by molar-refractivity contribution is -0.196. The molecule has 1 unspecified atom stereocenters. The standard InChI is InChI=1S/C19H32O5Si/c1-19(2,3)25(4,5)22-12-14-13-10-17(20)23-15(13)11-16(14)24-18-8-6-7-9-21-18/h10,14-16,18H,6-9,11-12H2,1-5H3/t14-,15+,16-,18?/m1/s1. The molecule has 1 saturated heterocycles. The molecule has 0 aromatic carbocycles. The third-order valence-corrected chi connectivity index (χ3v) is 10.6. The van der Waals surface area contributed by atoms with Crippen molar-refractivity contribution in [3.8, 4) is 0 Å². The van der Waals surface area contributed by atoms with Gasteiger partial charge in [-0.3, -0.25) is 0 Å². The summed E-state index contributed by atoms with van der Waals surface area (Å²) >= 11 is 0. The van der Waals surface area contributed by atoms with E-state index >= 15 is 0 Å². The van der Waals surface area contributed by atoms with Gasteiger partial charge in [-0.05, 0) is 43.0 Å². The lowest BCUT2D eigenvalue weighted by Crippen LogP contribution is -2.43. The highest BCUT2D eigenvalue weighted by molar-refractivity contribution is 6.74. The first-order valence-electron chi connectivity index (χ1n) is 9.50. The lowest BCUT2D eigenvalue weighted by Gasteiger charge is -2.38. The quantitative estimate of drug-likeness (QED) is 0.546. The molecule has 4 atom stereocenters. The Bertz CT molecular complexity index is 530. The van der Waals surface area contributed by atoms with Crippen LogP contribution in [-0.4, -0.2) is 46.0 Å². The van der Waals surface area contributed by atoms with Gasteiger partial charge in [-0.2, -0.15) is 0 Å². The molecular weight excluding hydrogens is 336 g/mol. The molecule has 1 aliphatic carbocycles. The average molecular weight is 369 g/mol. The van der Waals surface area contributed by atoms with Gasteiger partial charge in [0.25, 0.3) is 0 Å². The average Bonchev–Trinajstić information content (AvgIpc) is 3.01. The summed E-state index contributed by atoms with van der Waals surface area (Å²) < 4.78 is 23.9. The number of hydrogen-bond acceptors (Lipinski definition) is 5. The van der Waals surface area contributed by atoms with Crippen molar-refractivity contribution in [1.29, 1.82) is 0 Å². The molecule has 2 fully saturated rings. The molecule has 0 radical (unpaired) electrons. The molecule has 2 aliphatic heterocycles. The van der Waals surface area contributed by atoms with Crippen LogP contribution in [0.4, 0.5) is 0 Å². The lowest BCUT2D eigenvalue weighted by atomic mass is 10.0. The number of hydrogen-bond donors (Lipinski definition) is 0. The Morgan fingerprint density at radius 2 is 2.04 bits per heavy atom. The number of carbonyl (C=O) groups excluding carboxylic acids is 1. The summed E-state index contributed by atoms with van der Waals surface area (Å²) in [5.41, 5.74) is 1.05. The van der Waals surface area contributed by atoms with Crippen molar-refractivity contribution < 1.29 is 23.4 Å². The van der Waals surface area contributed by atoms with E-state index in [1.165, 1.54) is 0 Å². The predicted molar refractivity (Wildman–Crippen MR) is 97.7 cm³/mol. The molecule has 0 bridgehead atoms. The van der Waals surface area contributed by atoms with Crippen molar-refractivity contribution in [3.63, 3.8) is 0 Å². The molecule has 0 N–H and O–H groups in total. The molecule has 0 aromatic rings. The fraction of sp³-hybridized carbons (Fsp3) is 0.842. The van der Waals surface area contributed by atoms with Gasteiger partial charge in [0.1, 0.15) is 6.10 Å². The van der Waals surface area contributed by atoms with E-state index in [1.54, 1.807) is 6.08 Å². The van der Waals surface area contributed by atoms with E-state index in [1.807, 2.05) is 0 Å². The number of carbonyl (C=O) groups is 1. The first kappa shape index (κ1) is 19.1. The van der Waals surface area contributed by atoms with E-state index in [2.05, 4.69) is 33.9 Å². The second-order valence-corrected chi connectivity index (χ2v) is 13.8. The minimum absolute atomic E-state index is 0.00258. The van der Waals surface area contributed by atoms with Gasteiger partial charge in [-0.25, -0.2) is 4.79 Å². The molecule has 3 aliphatic rings. The Balaban J connectivity index is 1.69. The zero-order valence-corrected chi connectivity index (χ0v) is 17.2. The first-order chi connectivity index (χ1) is 11.7. The molecule has 0 aromatic heterocycles. The van der Waals surface area contributed by atoms with Crippen molar-refractivity contribution in [2.75, 3.05) is 13.2 Å². The first-order valence-corrected chi connectivity index (χ1v) is 12.4. The van der Waals surface area contributed by atoms with Crippen LogP contribution in [-0.2, 0) is 23.4 Å². The van der Waals surface area contributed by atoms with Crippen LogP contribution in [0, 0.1) is 5.92 Å². The minimum atomic E-state index is -1.86. The summed E-state index contributed by atoms with van der Waals surface area (Å²) in [6.07, 6.45) is 5.27. The third-order valence-electron chi connectivity index (χ3n) is 6.13.